The van der Waals surface area contributed by atoms with Gasteiger partial charge in [-0.3, -0.25) is 19.1 Å². The fraction of sp³-hybridized carbons (Fsp3) is 0.0909. The van der Waals surface area contributed by atoms with Crippen molar-refractivity contribution in [2.24, 2.45) is 0 Å². The molecule has 1 amide bonds. The Morgan fingerprint density at radius 1 is 1.03 bits per heavy atom. The number of nitrogens with one attached hydrogen (secondary N) is 1. The number of amides is 1. The number of hydrogen-bond donors (Lipinski definition) is 1. The number of furan rings is 1. The molecule has 0 aliphatic carbocycles. The number of carbonyl (C=O) groups is 1. The molecule has 0 aliphatic rings. The molecule has 0 fully saturated rings. The second-order valence-corrected chi connectivity index (χ2v) is 6.81. The lowest BCUT2D eigenvalue weighted by molar-refractivity contribution is 0.0921. The van der Waals surface area contributed by atoms with Crippen molar-refractivity contribution in [2.45, 2.75) is 13.1 Å². The first-order chi connectivity index (χ1) is 14.7. The van der Waals surface area contributed by atoms with Crippen LogP contribution in [-0.2, 0) is 13.1 Å². The maximum absolute atomic E-state index is 13.0. The molecule has 8 nitrogen and oxygen atoms in total. The normalized spacial score (nSPS) is 11.2. The molecule has 5 aromatic rings. The van der Waals surface area contributed by atoms with Crippen LogP contribution >= 0.6 is 0 Å². The van der Waals surface area contributed by atoms with Crippen molar-refractivity contribution in [3.8, 4) is 0 Å². The van der Waals surface area contributed by atoms with Crippen molar-refractivity contribution in [3.05, 3.63) is 101 Å². The fourth-order valence-corrected chi connectivity index (χ4v) is 3.44. The van der Waals surface area contributed by atoms with Gasteiger partial charge in [-0.05, 0) is 48.0 Å². The fourth-order valence-electron chi connectivity index (χ4n) is 3.44. The molecule has 5 rings (SSSR count). The van der Waals surface area contributed by atoms with E-state index in [2.05, 4.69) is 15.3 Å². The van der Waals surface area contributed by atoms with Gasteiger partial charge in [0.05, 0.1) is 12.1 Å². The predicted octanol–water partition coefficient (Wildman–Crippen LogP) is 2.62. The lowest BCUT2D eigenvalue weighted by Gasteiger charge is -2.10. The van der Waals surface area contributed by atoms with Crippen LogP contribution in [-0.4, -0.2) is 24.8 Å². The molecule has 1 N–H and O–H groups in total. The van der Waals surface area contributed by atoms with Gasteiger partial charge in [-0.1, -0.05) is 6.07 Å². The minimum Gasteiger partial charge on any atom is -0.454 e. The predicted molar refractivity (Wildman–Crippen MR) is 110 cm³/mol. The average Bonchev–Trinajstić information content (AvgIpc) is 3.46. The summed E-state index contributed by atoms with van der Waals surface area (Å²) in [6.45, 7) is 0.519. The highest BCUT2D eigenvalue weighted by Gasteiger charge is 2.15. The third-order valence-electron chi connectivity index (χ3n) is 4.87. The van der Waals surface area contributed by atoms with Gasteiger partial charge in [0, 0.05) is 31.3 Å². The second kappa shape index (κ2) is 7.32. The first-order valence-electron chi connectivity index (χ1n) is 9.41. The number of fused-ring (bicyclic) bond motifs is 3. The number of carbonyl (C=O) groups excluding carboxylic acids is 1. The van der Waals surface area contributed by atoms with E-state index in [0.29, 0.717) is 23.5 Å². The minimum atomic E-state index is -0.331. The Hall–Kier alpha value is -4.20. The van der Waals surface area contributed by atoms with Crippen molar-refractivity contribution in [3.63, 3.8) is 0 Å². The number of hydrogen-bond acceptors (Lipinski definition) is 5. The summed E-state index contributed by atoms with van der Waals surface area (Å²) in [5.74, 6) is 0.344. The van der Waals surface area contributed by atoms with Gasteiger partial charge in [-0.15, -0.1) is 0 Å². The van der Waals surface area contributed by atoms with Crippen LogP contribution in [0.15, 0.2) is 82.5 Å². The molecule has 0 aliphatic heterocycles. The van der Waals surface area contributed by atoms with Gasteiger partial charge >= 0.3 is 0 Å². The van der Waals surface area contributed by atoms with E-state index >= 15 is 0 Å². The summed E-state index contributed by atoms with van der Waals surface area (Å²) < 4.78 is 9.09. The van der Waals surface area contributed by atoms with Crippen molar-refractivity contribution in [2.75, 3.05) is 0 Å². The van der Waals surface area contributed by atoms with Gasteiger partial charge < -0.3 is 14.1 Å². The van der Waals surface area contributed by atoms with E-state index in [-0.39, 0.29) is 23.8 Å². The highest BCUT2D eigenvalue weighted by Crippen LogP contribution is 2.16. The summed E-state index contributed by atoms with van der Waals surface area (Å²) in [5, 5.41) is 2.80. The third-order valence-corrected chi connectivity index (χ3v) is 4.87. The smallest absolute Gasteiger partial charge is 0.287 e. The summed E-state index contributed by atoms with van der Waals surface area (Å²) in [7, 11) is 0. The third kappa shape index (κ3) is 3.14. The molecular formula is C22H17N5O3. The molecule has 148 valence electrons. The van der Waals surface area contributed by atoms with Gasteiger partial charge in [0.1, 0.15) is 11.3 Å². The van der Waals surface area contributed by atoms with Crippen molar-refractivity contribution in [1.29, 1.82) is 0 Å². The highest BCUT2D eigenvalue weighted by atomic mass is 16.4. The van der Waals surface area contributed by atoms with E-state index < -0.39 is 0 Å². The van der Waals surface area contributed by atoms with Gasteiger partial charge in [0.15, 0.2) is 11.4 Å². The van der Waals surface area contributed by atoms with Gasteiger partial charge in [0.2, 0.25) is 0 Å². The van der Waals surface area contributed by atoms with E-state index in [1.54, 1.807) is 41.4 Å². The van der Waals surface area contributed by atoms with Gasteiger partial charge in [0.25, 0.3) is 11.5 Å². The zero-order chi connectivity index (χ0) is 20.5. The minimum absolute atomic E-state index is 0.171. The Morgan fingerprint density at radius 3 is 2.77 bits per heavy atom. The van der Waals surface area contributed by atoms with Crippen LogP contribution < -0.4 is 10.9 Å². The molecule has 30 heavy (non-hydrogen) atoms. The van der Waals surface area contributed by atoms with Gasteiger partial charge in [-0.25, -0.2) is 4.98 Å². The standard InChI is InChI=1S/C22H17N5O3/c28-21(25-13-15-4-1-9-23-12-15)19-8-7-16(30-19)14-27-20-17(5-2-10-24-20)26-11-3-6-18(26)22(27)29/h1-12H,13-14H2,(H,25,28). The Balaban J connectivity index is 1.42. The van der Waals surface area contributed by atoms with Crippen LogP contribution in [0.2, 0.25) is 0 Å². The van der Waals surface area contributed by atoms with Crippen molar-refractivity contribution >= 4 is 22.6 Å². The van der Waals surface area contributed by atoms with E-state index in [4.69, 9.17) is 4.42 Å². The molecule has 0 atom stereocenters. The first kappa shape index (κ1) is 17.9. The monoisotopic (exact) mass is 399 g/mol. The number of rotatable bonds is 5. The SMILES string of the molecule is O=C(NCc1cccnc1)c1ccc(Cn2c(=O)c3cccn3c3cccnc32)o1. The van der Waals surface area contributed by atoms with Crippen LogP contribution in [0.25, 0.3) is 16.7 Å². The Bertz CT molecular complexity index is 1420. The van der Waals surface area contributed by atoms with Crippen molar-refractivity contribution < 1.29 is 9.21 Å². The molecule has 0 radical (unpaired) electrons. The lowest BCUT2D eigenvalue weighted by Crippen LogP contribution is -2.24. The maximum Gasteiger partial charge on any atom is 0.287 e. The lowest BCUT2D eigenvalue weighted by atomic mass is 10.3. The highest BCUT2D eigenvalue weighted by molar-refractivity contribution is 5.91. The molecular weight excluding hydrogens is 382 g/mol. The summed E-state index contributed by atoms with van der Waals surface area (Å²) in [5.41, 5.74) is 2.63. The summed E-state index contributed by atoms with van der Waals surface area (Å²) in [4.78, 5) is 33.8. The zero-order valence-corrected chi connectivity index (χ0v) is 15.9. The summed E-state index contributed by atoms with van der Waals surface area (Å²) >= 11 is 0. The van der Waals surface area contributed by atoms with E-state index in [9.17, 15) is 9.59 Å². The molecule has 8 heteroatoms. The summed E-state index contributed by atoms with van der Waals surface area (Å²) in [6, 6.07) is 14.3. The molecule has 5 aromatic heterocycles. The van der Waals surface area contributed by atoms with Gasteiger partial charge in [-0.2, -0.15) is 0 Å². The average molecular weight is 399 g/mol. The quantitative estimate of drug-likeness (QED) is 0.490. The maximum atomic E-state index is 13.0. The van der Waals surface area contributed by atoms with E-state index in [1.807, 2.05) is 40.9 Å². The molecule has 0 saturated heterocycles. The van der Waals surface area contributed by atoms with Crippen molar-refractivity contribution in [1.82, 2.24) is 24.3 Å². The van der Waals surface area contributed by atoms with E-state index in [1.165, 1.54) is 0 Å². The Labute approximate surface area is 170 Å². The van der Waals surface area contributed by atoms with E-state index in [0.717, 1.165) is 11.1 Å². The topological polar surface area (TPSA) is 94.4 Å². The molecule has 0 unspecified atom stereocenters. The zero-order valence-electron chi connectivity index (χ0n) is 15.9. The van der Waals surface area contributed by atoms with Crippen LogP contribution in [0.5, 0.6) is 0 Å². The Kier molecular flexibility index (Phi) is 4.36. The first-order valence-corrected chi connectivity index (χ1v) is 9.41. The number of nitrogens with zero attached hydrogens (tertiary/aromatic N) is 4. The van der Waals surface area contributed by atoms with Crippen LogP contribution in [0.3, 0.4) is 0 Å². The molecule has 0 bridgehead atoms. The molecule has 0 saturated carbocycles. The number of aromatic nitrogens is 4. The summed E-state index contributed by atoms with van der Waals surface area (Å²) in [6.07, 6.45) is 6.85. The van der Waals surface area contributed by atoms with Crippen LogP contribution in [0.1, 0.15) is 21.9 Å². The Morgan fingerprint density at radius 2 is 1.90 bits per heavy atom. The van der Waals surface area contributed by atoms with Crippen LogP contribution in [0.4, 0.5) is 0 Å². The molecule has 0 aromatic carbocycles. The largest absolute Gasteiger partial charge is 0.454 e. The molecule has 5 heterocycles. The number of pyridine rings is 2. The van der Waals surface area contributed by atoms with Crippen LogP contribution in [0, 0.1) is 0 Å². The second-order valence-electron chi connectivity index (χ2n) is 6.81. The molecule has 0 spiro atoms.